The van der Waals surface area contributed by atoms with Crippen molar-refractivity contribution in [2.24, 2.45) is 0 Å². The van der Waals surface area contributed by atoms with Gasteiger partial charge in [-0.25, -0.2) is 8.78 Å². The van der Waals surface area contributed by atoms with Crippen LogP contribution in [0.5, 0.6) is 0 Å². The van der Waals surface area contributed by atoms with Gasteiger partial charge < -0.3 is 14.6 Å². The van der Waals surface area contributed by atoms with Crippen LogP contribution in [-0.2, 0) is 11.3 Å². The van der Waals surface area contributed by atoms with Crippen molar-refractivity contribution >= 4 is 27.6 Å². The fraction of sp³-hybridized carbons (Fsp3) is 0.174. The van der Waals surface area contributed by atoms with Crippen LogP contribution in [0.15, 0.2) is 53.5 Å². The SMILES string of the molecule is CN(C(=O)c1ccc2cccnc2c1)[C@@H]1COCc2[nH]c(=O)c3cc(F)c(F)cc3c21. The molecule has 5 rings (SSSR count). The van der Waals surface area contributed by atoms with E-state index >= 15 is 0 Å². The van der Waals surface area contributed by atoms with Crippen molar-refractivity contribution in [1.29, 1.82) is 0 Å². The van der Waals surface area contributed by atoms with Gasteiger partial charge in [0.1, 0.15) is 0 Å². The Morgan fingerprint density at radius 2 is 1.94 bits per heavy atom. The third kappa shape index (κ3) is 3.16. The monoisotopic (exact) mass is 421 g/mol. The van der Waals surface area contributed by atoms with Crippen molar-refractivity contribution in [1.82, 2.24) is 14.9 Å². The minimum absolute atomic E-state index is 0.0281. The quantitative estimate of drug-likeness (QED) is 0.536. The van der Waals surface area contributed by atoms with Crippen LogP contribution in [0.2, 0.25) is 0 Å². The summed E-state index contributed by atoms with van der Waals surface area (Å²) in [6, 6.07) is 10.3. The first-order valence-corrected chi connectivity index (χ1v) is 9.67. The molecule has 0 saturated heterocycles. The van der Waals surface area contributed by atoms with E-state index in [1.54, 1.807) is 25.4 Å². The molecule has 1 amide bonds. The van der Waals surface area contributed by atoms with Gasteiger partial charge in [-0.05, 0) is 35.7 Å². The number of likely N-dealkylation sites (N-methyl/N-ethyl adjacent to an activating group) is 1. The number of aromatic nitrogens is 2. The number of nitrogens with zero attached hydrogens (tertiary/aromatic N) is 2. The van der Waals surface area contributed by atoms with Crippen LogP contribution >= 0.6 is 0 Å². The van der Waals surface area contributed by atoms with Crippen molar-refractivity contribution in [3.8, 4) is 0 Å². The van der Waals surface area contributed by atoms with Crippen LogP contribution in [0.25, 0.3) is 21.7 Å². The van der Waals surface area contributed by atoms with E-state index in [1.807, 2.05) is 18.2 Å². The summed E-state index contributed by atoms with van der Waals surface area (Å²) in [6.45, 7) is 0.263. The van der Waals surface area contributed by atoms with Crippen LogP contribution in [0.4, 0.5) is 8.78 Å². The standard InChI is InChI=1S/C23H17F2N3O3/c1-28(23(30)13-5-4-12-3-2-6-26-18(12)7-13)20-11-31-10-19-21(20)14-8-16(24)17(25)9-15(14)22(29)27-19/h2-9,20H,10-11H2,1H3,(H,27,29)/t20-/m1/s1. The fourth-order valence-corrected chi connectivity index (χ4v) is 4.09. The van der Waals surface area contributed by atoms with Gasteiger partial charge in [-0.15, -0.1) is 0 Å². The molecule has 0 unspecified atom stereocenters. The molecule has 0 aliphatic carbocycles. The zero-order valence-corrected chi connectivity index (χ0v) is 16.5. The topological polar surface area (TPSA) is 75.3 Å². The molecule has 156 valence electrons. The minimum Gasteiger partial charge on any atom is -0.373 e. The van der Waals surface area contributed by atoms with Gasteiger partial charge in [-0.1, -0.05) is 12.1 Å². The largest absolute Gasteiger partial charge is 0.373 e. The Kier molecular flexibility index (Phi) is 4.51. The van der Waals surface area contributed by atoms with E-state index in [4.69, 9.17) is 4.74 Å². The lowest BCUT2D eigenvalue weighted by molar-refractivity contribution is 0.0336. The highest BCUT2D eigenvalue weighted by Gasteiger charge is 2.31. The Morgan fingerprint density at radius 3 is 2.74 bits per heavy atom. The number of hydrogen-bond donors (Lipinski definition) is 1. The summed E-state index contributed by atoms with van der Waals surface area (Å²) in [6.07, 6.45) is 1.65. The van der Waals surface area contributed by atoms with Gasteiger partial charge in [-0.3, -0.25) is 14.6 Å². The van der Waals surface area contributed by atoms with E-state index < -0.39 is 23.2 Å². The summed E-state index contributed by atoms with van der Waals surface area (Å²) in [4.78, 5) is 34.1. The van der Waals surface area contributed by atoms with Crippen molar-refractivity contribution in [3.63, 3.8) is 0 Å². The number of carbonyl (C=O) groups is 1. The second kappa shape index (κ2) is 7.24. The van der Waals surface area contributed by atoms with Crippen molar-refractivity contribution < 1.29 is 18.3 Å². The predicted octanol–water partition coefficient (Wildman–Crippen LogP) is 3.70. The smallest absolute Gasteiger partial charge is 0.256 e. The molecule has 4 aromatic rings. The highest BCUT2D eigenvalue weighted by molar-refractivity contribution is 5.98. The van der Waals surface area contributed by atoms with E-state index in [2.05, 4.69) is 9.97 Å². The third-order valence-electron chi connectivity index (χ3n) is 5.68. The molecule has 8 heteroatoms. The van der Waals surface area contributed by atoms with E-state index in [0.717, 1.165) is 17.5 Å². The van der Waals surface area contributed by atoms with Crippen LogP contribution < -0.4 is 5.56 Å². The maximum Gasteiger partial charge on any atom is 0.256 e. The molecular weight excluding hydrogens is 404 g/mol. The number of benzene rings is 2. The van der Waals surface area contributed by atoms with Gasteiger partial charge in [0.05, 0.1) is 30.2 Å². The van der Waals surface area contributed by atoms with Gasteiger partial charge in [0.25, 0.3) is 11.5 Å². The lowest BCUT2D eigenvalue weighted by atomic mass is 9.95. The zero-order chi connectivity index (χ0) is 21.7. The molecule has 1 N–H and O–H groups in total. The molecule has 1 atom stereocenters. The Balaban J connectivity index is 1.61. The fourth-order valence-electron chi connectivity index (χ4n) is 4.09. The summed E-state index contributed by atoms with van der Waals surface area (Å²) < 4.78 is 33.4. The second-order valence-corrected chi connectivity index (χ2v) is 7.52. The Bertz CT molecular complexity index is 1420. The molecule has 2 aromatic carbocycles. The number of aromatic amines is 1. The first kappa shape index (κ1) is 19.3. The molecule has 1 aliphatic rings. The summed E-state index contributed by atoms with van der Waals surface area (Å²) in [5.74, 6) is -2.44. The predicted molar refractivity (Wildman–Crippen MR) is 111 cm³/mol. The molecule has 6 nitrogen and oxygen atoms in total. The Hall–Kier alpha value is -3.65. The number of H-pyrrole nitrogens is 1. The number of carbonyl (C=O) groups excluding carboxylic acids is 1. The minimum atomic E-state index is -1.10. The van der Waals surface area contributed by atoms with Crippen molar-refractivity contribution in [2.75, 3.05) is 13.7 Å². The average molecular weight is 421 g/mol. The molecule has 0 radical (unpaired) electrons. The lowest BCUT2D eigenvalue weighted by Gasteiger charge is -2.34. The highest BCUT2D eigenvalue weighted by atomic mass is 19.2. The van der Waals surface area contributed by atoms with Crippen LogP contribution in [0, 0.1) is 11.6 Å². The van der Waals surface area contributed by atoms with Gasteiger partial charge in [0, 0.05) is 35.5 Å². The average Bonchev–Trinajstić information content (AvgIpc) is 2.78. The highest BCUT2D eigenvalue weighted by Crippen LogP contribution is 2.34. The van der Waals surface area contributed by atoms with Crippen LogP contribution in [0.3, 0.4) is 0 Å². The summed E-state index contributed by atoms with van der Waals surface area (Å²) in [7, 11) is 1.62. The maximum absolute atomic E-state index is 14.0. The van der Waals surface area contributed by atoms with E-state index in [1.165, 1.54) is 4.90 Å². The molecule has 31 heavy (non-hydrogen) atoms. The van der Waals surface area contributed by atoms with Gasteiger partial charge in [0.2, 0.25) is 0 Å². The van der Waals surface area contributed by atoms with Gasteiger partial charge >= 0.3 is 0 Å². The van der Waals surface area contributed by atoms with Crippen LogP contribution in [-0.4, -0.2) is 34.4 Å². The lowest BCUT2D eigenvalue weighted by Crippen LogP contribution is -2.37. The van der Waals surface area contributed by atoms with E-state index in [0.29, 0.717) is 22.3 Å². The van der Waals surface area contributed by atoms with Crippen LogP contribution in [0.1, 0.15) is 27.7 Å². The number of rotatable bonds is 2. The Morgan fingerprint density at radius 1 is 1.16 bits per heavy atom. The zero-order valence-electron chi connectivity index (χ0n) is 16.5. The number of hydrogen-bond acceptors (Lipinski definition) is 4. The molecule has 2 aromatic heterocycles. The third-order valence-corrected chi connectivity index (χ3v) is 5.68. The number of fused-ring (bicyclic) bond motifs is 4. The first-order chi connectivity index (χ1) is 14.9. The first-order valence-electron chi connectivity index (χ1n) is 9.67. The van der Waals surface area contributed by atoms with Crippen molar-refractivity contribution in [3.05, 3.63) is 87.5 Å². The molecular formula is C23H17F2N3O3. The molecule has 0 fully saturated rings. The normalized spacial score (nSPS) is 15.8. The molecule has 0 bridgehead atoms. The van der Waals surface area contributed by atoms with Gasteiger partial charge in [0.15, 0.2) is 11.6 Å². The second-order valence-electron chi connectivity index (χ2n) is 7.52. The van der Waals surface area contributed by atoms with E-state index in [9.17, 15) is 18.4 Å². The summed E-state index contributed by atoms with van der Waals surface area (Å²) in [5.41, 5.74) is 1.58. The molecule has 0 saturated carbocycles. The van der Waals surface area contributed by atoms with E-state index in [-0.39, 0.29) is 29.9 Å². The summed E-state index contributed by atoms with van der Waals surface area (Å²) >= 11 is 0. The number of halogens is 2. The maximum atomic E-state index is 14.0. The molecule has 1 aliphatic heterocycles. The summed E-state index contributed by atoms with van der Waals surface area (Å²) in [5, 5.41) is 1.21. The number of nitrogens with one attached hydrogen (secondary N) is 1. The number of pyridine rings is 2. The van der Waals surface area contributed by atoms with Crippen molar-refractivity contribution in [2.45, 2.75) is 12.6 Å². The Labute approximate surface area is 175 Å². The van der Waals surface area contributed by atoms with Gasteiger partial charge in [-0.2, -0.15) is 0 Å². The number of amides is 1. The number of ether oxygens (including phenoxy) is 1. The molecule has 0 spiro atoms. The molecule has 3 heterocycles.